The van der Waals surface area contributed by atoms with E-state index in [1.54, 1.807) is 18.2 Å². The van der Waals surface area contributed by atoms with Gasteiger partial charge in [-0.05, 0) is 24.3 Å². The Morgan fingerprint density at radius 1 is 1.24 bits per heavy atom. The van der Waals surface area contributed by atoms with E-state index in [9.17, 15) is 5.11 Å². The molecule has 1 aromatic carbocycles. The van der Waals surface area contributed by atoms with Gasteiger partial charge in [0.05, 0.1) is 5.70 Å². The smallest absolute Gasteiger partial charge is 0.124 e. The van der Waals surface area contributed by atoms with E-state index in [2.05, 4.69) is 10.2 Å². The van der Waals surface area contributed by atoms with Gasteiger partial charge in [0.15, 0.2) is 0 Å². The fraction of sp³-hybridized carbons (Fsp3) is 0.286. The van der Waals surface area contributed by atoms with Crippen molar-refractivity contribution in [1.29, 1.82) is 0 Å². The SMILES string of the molecule is NC(N)=C(/C=C(\N)c1cc(Cl)ccc1O)N1CCNCC1. The number of benzene rings is 1. The molecule has 1 saturated heterocycles. The zero-order valence-electron chi connectivity index (χ0n) is 11.6. The van der Waals surface area contributed by atoms with Gasteiger partial charge in [0, 0.05) is 42.5 Å². The molecule has 114 valence electrons. The zero-order chi connectivity index (χ0) is 15.4. The average molecular weight is 310 g/mol. The van der Waals surface area contributed by atoms with Crippen LogP contribution in [0.15, 0.2) is 35.8 Å². The summed E-state index contributed by atoms with van der Waals surface area (Å²) < 4.78 is 0. The zero-order valence-corrected chi connectivity index (χ0v) is 12.4. The van der Waals surface area contributed by atoms with Gasteiger partial charge in [-0.2, -0.15) is 0 Å². The van der Waals surface area contributed by atoms with Crippen LogP contribution in [0.1, 0.15) is 5.56 Å². The normalized spacial score (nSPS) is 15.9. The molecule has 8 N–H and O–H groups in total. The molecular formula is C14H20ClN5O. The summed E-state index contributed by atoms with van der Waals surface area (Å²) in [6.07, 6.45) is 1.67. The van der Waals surface area contributed by atoms with E-state index < -0.39 is 0 Å². The lowest BCUT2D eigenvalue weighted by Crippen LogP contribution is -2.43. The lowest BCUT2D eigenvalue weighted by molar-refractivity contribution is 0.304. The number of nitrogens with two attached hydrogens (primary N) is 3. The maximum Gasteiger partial charge on any atom is 0.124 e. The van der Waals surface area contributed by atoms with Crippen molar-refractivity contribution in [3.63, 3.8) is 0 Å². The Bertz CT molecular complexity index is 575. The molecule has 21 heavy (non-hydrogen) atoms. The summed E-state index contributed by atoms with van der Waals surface area (Å²) in [4.78, 5) is 2.06. The Morgan fingerprint density at radius 3 is 2.52 bits per heavy atom. The molecule has 0 saturated carbocycles. The summed E-state index contributed by atoms with van der Waals surface area (Å²) in [5.41, 5.74) is 19.1. The molecule has 0 unspecified atom stereocenters. The highest BCUT2D eigenvalue weighted by atomic mass is 35.5. The van der Waals surface area contributed by atoms with Gasteiger partial charge in [0.1, 0.15) is 11.6 Å². The third-order valence-electron chi connectivity index (χ3n) is 3.32. The van der Waals surface area contributed by atoms with Crippen LogP contribution in [0.2, 0.25) is 5.02 Å². The van der Waals surface area contributed by atoms with Gasteiger partial charge in [0.2, 0.25) is 0 Å². The molecule has 0 bridgehead atoms. The topological polar surface area (TPSA) is 114 Å². The predicted molar refractivity (Wildman–Crippen MR) is 85.1 cm³/mol. The molecule has 0 aliphatic carbocycles. The Hall–Kier alpha value is -2.05. The van der Waals surface area contributed by atoms with Crippen molar-refractivity contribution in [3.05, 3.63) is 46.4 Å². The van der Waals surface area contributed by atoms with Crippen molar-refractivity contribution in [3.8, 4) is 5.75 Å². The van der Waals surface area contributed by atoms with Crippen LogP contribution >= 0.6 is 11.6 Å². The average Bonchev–Trinajstić information content (AvgIpc) is 2.47. The molecule has 0 spiro atoms. The van der Waals surface area contributed by atoms with E-state index in [1.807, 2.05) is 0 Å². The van der Waals surface area contributed by atoms with Gasteiger partial charge in [-0.15, -0.1) is 0 Å². The lowest BCUT2D eigenvalue weighted by Gasteiger charge is -2.31. The van der Waals surface area contributed by atoms with Crippen molar-refractivity contribution < 1.29 is 5.11 Å². The highest BCUT2D eigenvalue weighted by Crippen LogP contribution is 2.26. The number of nitrogens with zero attached hydrogens (tertiary/aromatic N) is 1. The minimum absolute atomic E-state index is 0.0587. The number of allylic oxidation sites excluding steroid dienone is 1. The first-order chi connectivity index (χ1) is 9.99. The number of nitrogens with one attached hydrogen (secondary N) is 1. The molecule has 6 nitrogen and oxygen atoms in total. The number of hydrogen-bond donors (Lipinski definition) is 5. The van der Waals surface area contributed by atoms with Gasteiger partial charge in [-0.25, -0.2) is 0 Å². The summed E-state index contributed by atoms with van der Waals surface area (Å²) in [5.74, 6) is 0.254. The number of piperazine rings is 1. The van der Waals surface area contributed by atoms with Crippen LogP contribution in [0, 0.1) is 0 Å². The first kappa shape index (κ1) is 15.3. The predicted octanol–water partition coefficient (Wildman–Crippen LogP) is 0.337. The second-order valence-electron chi connectivity index (χ2n) is 4.84. The fourth-order valence-electron chi connectivity index (χ4n) is 2.23. The van der Waals surface area contributed by atoms with Crippen molar-refractivity contribution in [2.45, 2.75) is 0 Å². The Kier molecular flexibility index (Phi) is 4.82. The van der Waals surface area contributed by atoms with Crippen LogP contribution in [0.4, 0.5) is 0 Å². The Morgan fingerprint density at radius 2 is 1.90 bits per heavy atom. The Balaban J connectivity index is 2.34. The molecular weight excluding hydrogens is 290 g/mol. The van der Waals surface area contributed by atoms with Crippen LogP contribution in [0.3, 0.4) is 0 Å². The van der Waals surface area contributed by atoms with Crippen LogP contribution < -0.4 is 22.5 Å². The molecule has 0 aromatic heterocycles. The van der Waals surface area contributed by atoms with Crippen LogP contribution in [-0.2, 0) is 0 Å². The highest BCUT2D eigenvalue weighted by molar-refractivity contribution is 6.30. The monoisotopic (exact) mass is 309 g/mol. The van der Waals surface area contributed by atoms with Crippen molar-refractivity contribution in [1.82, 2.24) is 10.2 Å². The van der Waals surface area contributed by atoms with Gasteiger partial charge in [-0.3, -0.25) is 0 Å². The van der Waals surface area contributed by atoms with Crippen molar-refractivity contribution in [2.75, 3.05) is 26.2 Å². The largest absolute Gasteiger partial charge is 0.507 e. The van der Waals surface area contributed by atoms with Crippen LogP contribution in [0.25, 0.3) is 5.70 Å². The number of rotatable bonds is 3. The van der Waals surface area contributed by atoms with Crippen LogP contribution in [-0.4, -0.2) is 36.2 Å². The summed E-state index contributed by atoms with van der Waals surface area (Å²) in [6, 6.07) is 4.70. The van der Waals surface area contributed by atoms with Gasteiger partial charge < -0.3 is 32.5 Å². The molecule has 1 fully saturated rings. The quantitative estimate of drug-likeness (QED) is 0.514. The summed E-state index contributed by atoms with van der Waals surface area (Å²) in [5, 5.41) is 13.6. The molecule has 0 radical (unpaired) electrons. The molecule has 0 atom stereocenters. The molecule has 0 amide bonds. The van der Waals surface area contributed by atoms with Crippen molar-refractivity contribution >= 4 is 17.3 Å². The molecule has 1 aliphatic heterocycles. The van der Waals surface area contributed by atoms with E-state index in [4.69, 9.17) is 28.8 Å². The lowest BCUT2D eigenvalue weighted by atomic mass is 10.1. The van der Waals surface area contributed by atoms with E-state index in [1.165, 1.54) is 6.07 Å². The van der Waals surface area contributed by atoms with Crippen molar-refractivity contribution in [2.24, 2.45) is 17.2 Å². The van der Waals surface area contributed by atoms with E-state index >= 15 is 0 Å². The number of aromatic hydroxyl groups is 1. The standard InChI is InChI=1S/C14H20ClN5O/c15-9-1-2-13(21)10(7-9)11(16)8-12(14(17)18)20-5-3-19-4-6-20/h1-2,7-8,19,21H,3-6,16-18H2/b11-8-. The maximum absolute atomic E-state index is 9.89. The summed E-state index contributed by atoms with van der Waals surface area (Å²) in [6.45, 7) is 3.29. The van der Waals surface area contributed by atoms with Crippen LogP contribution in [0.5, 0.6) is 5.75 Å². The number of phenolic OH excluding ortho intramolecular Hbond substituents is 1. The third kappa shape index (κ3) is 3.74. The minimum atomic E-state index is 0.0587. The molecule has 1 aromatic rings. The van der Waals surface area contributed by atoms with E-state index in [0.29, 0.717) is 22.0 Å². The van der Waals surface area contributed by atoms with Gasteiger partial charge in [0.25, 0.3) is 0 Å². The number of phenols is 1. The minimum Gasteiger partial charge on any atom is -0.507 e. The summed E-state index contributed by atoms with van der Waals surface area (Å²) >= 11 is 5.93. The van der Waals surface area contributed by atoms with E-state index in [-0.39, 0.29) is 11.6 Å². The second kappa shape index (κ2) is 6.60. The maximum atomic E-state index is 9.89. The van der Waals surface area contributed by atoms with E-state index in [0.717, 1.165) is 26.2 Å². The molecule has 7 heteroatoms. The highest BCUT2D eigenvalue weighted by Gasteiger charge is 2.15. The second-order valence-corrected chi connectivity index (χ2v) is 5.28. The molecule has 1 heterocycles. The summed E-state index contributed by atoms with van der Waals surface area (Å²) in [7, 11) is 0. The Labute approximate surface area is 128 Å². The fourth-order valence-corrected chi connectivity index (χ4v) is 2.40. The third-order valence-corrected chi connectivity index (χ3v) is 3.55. The number of hydrogen-bond acceptors (Lipinski definition) is 6. The first-order valence-corrected chi connectivity index (χ1v) is 7.04. The molecule has 2 rings (SSSR count). The number of halogens is 1. The van der Waals surface area contributed by atoms with Gasteiger partial charge >= 0.3 is 0 Å². The molecule has 1 aliphatic rings. The van der Waals surface area contributed by atoms with Gasteiger partial charge in [-0.1, -0.05) is 11.6 Å². The first-order valence-electron chi connectivity index (χ1n) is 6.66.